The summed E-state index contributed by atoms with van der Waals surface area (Å²) in [6, 6.07) is 0.891. The summed E-state index contributed by atoms with van der Waals surface area (Å²) in [4.78, 5) is 10.9. The van der Waals surface area contributed by atoms with Crippen molar-refractivity contribution >= 4 is 22.7 Å². The second-order valence-electron chi connectivity index (χ2n) is 5.42. The molecule has 1 N–H and O–H groups in total. The Labute approximate surface area is 121 Å². The molecule has 2 aliphatic rings. The molecule has 0 saturated heterocycles. The van der Waals surface area contributed by atoms with Gasteiger partial charge in [0.25, 0.3) is 0 Å². The molecule has 5 heteroatoms. The highest BCUT2D eigenvalue weighted by molar-refractivity contribution is 7.12. The minimum absolute atomic E-state index is 0.217. The fraction of sp³-hybridized carbons (Fsp3) is 0.571. The molecule has 100 valence electrons. The van der Waals surface area contributed by atoms with E-state index in [1.165, 1.54) is 54.1 Å². The zero-order valence-electron chi connectivity index (χ0n) is 10.8. The quantitative estimate of drug-likeness (QED) is 0.939. The Morgan fingerprint density at radius 2 is 2.16 bits per heavy atom. The molecule has 2 aromatic rings. The van der Waals surface area contributed by atoms with E-state index >= 15 is 0 Å². The lowest BCUT2D eigenvalue weighted by atomic mass is 10.0. The molecule has 0 aromatic carbocycles. The Balaban J connectivity index is 1.67. The van der Waals surface area contributed by atoms with Gasteiger partial charge in [0.15, 0.2) is 0 Å². The van der Waals surface area contributed by atoms with Gasteiger partial charge in [0, 0.05) is 16.3 Å². The highest BCUT2D eigenvalue weighted by Crippen LogP contribution is 2.34. The number of hydrogen-bond donors (Lipinski definition) is 1. The van der Waals surface area contributed by atoms with Crippen molar-refractivity contribution < 1.29 is 0 Å². The van der Waals surface area contributed by atoms with Crippen molar-refractivity contribution in [2.75, 3.05) is 0 Å². The molecule has 4 rings (SSSR count). The van der Waals surface area contributed by atoms with Gasteiger partial charge in [-0.3, -0.25) is 0 Å². The third-order valence-corrected chi connectivity index (χ3v) is 5.66. The van der Waals surface area contributed by atoms with Crippen molar-refractivity contribution in [1.82, 2.24) is 15.3 Å². The maximum Gasteiger partial charge on any atom is 0.116 e. The van der Waals surface area contributed by atoms with Crippen LogP contribution in [0.1, 0.15) is 53.0 Å². The summed E-state index contributed by atoms with van der Waals surface area (Å²) in [5.41, 5.74) is 4.41. The van der Waals surface area contributed by atoms with Gasteiger partial charge in [-0.2, -0.15) is 0 Å². The van der Waals surface area contributed by atoms with Crippen molar-refractivity contribution in [1.29, 1.82) is 0 Å². The van der Waals surface area contributed by atoms with Crippen molar-refractivity contribution in [3.63, 3.8) is 0 Å². The van der Waals surface area contributed by atoms with Gasteiger partial charge in [0.1, 0.15) is 11.0 Å². The SMILES string of the molecule is c1nc(C(NC2CC2)c2nc3c(s2)CCCC3)cs1. The predicted octanol–water partition coefficient (Wildman–Crippen LogP) is 3.32. The Kier molecular flexibility index (Phi) is 3.13. The van der Waals surface area contributed by atoms with Crippen LogP contribution in [0.3, 0.4) is 0 Å². The molecule has 0 spiro atoms. The molecular weight excluding hydrogens is 274 g/mol. The minimum atomic E-state index is 0.217. The fourth-order valence-corrected chi connectivity index (χ4v) is 4.44. The minimum Gasteiger partial charge on any atom is -0.300 e. The van der Waals surface area contributed by atoms with Crippen LogP contribution in [0.25, 0.3) is 0 Å². The van der Waals surface area contributed by atoms with Crippen LogP contribution in [0, 0.1) is 0 Å². The third-order valence-electron chi connectivity index (χ3n) is 3.84. The summed E-state index contributed by atoms with van der Waals surface area (Å²) in [5.74, 6) is 0. The highest BCUT2D eigenvalue weighted by Gasteiger charge is 2.30. The molecule has 0 aliphatic heterocycles. The number of fused-ring (bicyclic) bond motifs is 1. The van der Waals surface area contributed by atoms with Gasteiger partial charge in [-0.15, -0.1) is 22.7 Å². The van der Waals surface area contributed by atoms with E-state index in [-0.39, 0.29) is 6.04 Å². The van der Waals surface area contributed by atoms with Crippen LogP contribution < -0.4 is 5.32 Å². The second-order valence-corrected chi connectivity index (χ2v) is 7.25. The lowest BCUT2D eigenvalue weighted by Gasteiger charge is -2.13. The number of hydrogen-bond acceptors (Lipinski definition) is 5. The van der Waals surface area contributed by atoms with Crippen LogP contribution in [-0.4, -0.2) is 16.0 Å². The monoisotopic (exact) mass is 291 g/mol. The van der Waals surface area contributed by atoms with Crippen molar-refractivity contribution in [2.24, 2.45) is 0 Å². The second kappa shape index (κ2) is 4.96. The first-order valence-corrected chi connectivity index (χ1v) is 8.78. The smallest absolute Gasteiger partial charge is 0.116 e. The average Bonchev–Trinajstić information content (AvgIpc) is 2.95. The third kappa shape index (κ3) is 2.47. The van der Waals surface area contributed by atoms with Gasteiger partial charge < -0.3 is 5.32 Å². The molecule has 3 nitrogen and oxygen atoms in total. The maximum atomic E-state index is 4.91. The number of nitrogens with zero attached hydrogens (tertiary/aromatic N) is 2. The first kappa shape index (κ1) is 12.0. The van der Waals surface area contributed by atoms with E-state index in [2.05, 4.69) is 15.7 Å². The predicted molar refractivity (Wildman–Crippen MR) is 78.9 cm³/mol. The maximum absolute atomic E-state index is 4.91. The van der Waals surface area contributed by atoms with E-state index in [0.717, 1.165) is 5.69 Å². The molecule has 19 heavy (non-hydrogen) atoms. The number of thiazole rings is 2. The van der Waals surface area contributed by atoms with E-state index in [1.807, 2.05) is 16.8 Å². The summed E-state index contributed by atoms with van der Waals surface area (Å²) in [6.45, 7) is 0. The fourth-order valence-electron chi connectivity index (χ4n) is 2.63. The Morgan fingerprint density at radius 3 is 2.89 bits per heavy atom. The van der Waals surface area contributed by atoms with E-state index in [4.69, 9.17) is 4.98 Å². The summed E-state index contributed by atoms with van der Waals surface area (Å²) >= 11 is 3.57. The van der Waals surface area contributed by atoms with Gasteiger partial charge in [-0.25, -0.2) is 9.97 Å². The van der Waals surface area contributed by atoms with Crippen LogP contribution in [0.5, 0.6) is 0 Å². The van der Waals surface area contributed by atoms with E-state index in [1.54, 1.807) is 11.3 Å². The molecular formula is C14H17N3S2. The Morgan fingerprint density at radius 1 is 1.26 bits per heavy atom. The normalized spacial score (nSPS) is 20.2. The molecule has 0 bridgehead atoms. The topological polar surface area (TPSA) is 37.8 Å². The molecule has 2 aliphatic carbocycles. The van der Waals surface area contributed by atoms with Crippen LogP contribution >= 0.6 is 22.7 Å². The largest absolute Gasteiger partial charge is 0.300 e. The molecule has 1 atom stereocenters. The van der Waals surface area contributed by atoms with Crippen molar-refractivity contribution in [3.8, 4) is 0 Å². The van der Waals surface area contributed by atoms with Crippen LogP contribution in [0.15, 0.2) is 10.9 Å². The molecule has 1 unspecified atom stereocenters. The summed E-state index contributed by atoms with van der Waals surface area (Å²) in [7, 11) is 0. The first-order valence-electron chi connectivity index (χ1n) is 7.03. The number of nitrogens with one attached hydrogen (secondary N) is 1. The zero-order chi connectivity index (χ0) is 12.7. The highest BCUT2D eigenvalue weighted by atomic mass is 32.1. The van der Waals surface area contributed by atoms with E-state index < -0.39 is 0 Å². The Hall–Kier alpha value is -0.780. The van der Waals surface area contributed by atoms with Gasteiger partial charge >= 0.3 is 0 Å². The first-order chi connectivity index (χ1) is 9.40. The zero-order valence-corrected chi connectivity index (χ0v) is 12.4. The Bertz CT molecular complexity index is 534. The summed E-state index contributed by atoms with van der Waals surface area (Å²) < 4.78 is 0. The molecule has 2 heterocycles. The molecule has 0 amide bonds. The molecule has 2 aromatic heterocycles. The number of rotatable bonds is 4. The standard InChI is InChI=1S/C14H17N3S2/c1-2-4-12-10(3-1)17-14(19-12)13(16-9-5-6-9)11-7-18-8-15-11/h7-9,13,16H,1-6H2. The van der Waals surface area contributed by atoms with Crippen LogP contribution in [-0.2, 0) is 12.8 Å². The van der Waals surface area contributed by atoms with Gasteiger partial charge in [-0.1, -0.05) is 0 Å². The summed E-state index contributed by atoms with van der Waals surface area (Å²) in [5, 5.41) is 7.09. The average molecular weight is 291 g/mol. The van der Waals surface area contributed by atoms with Crippen molar-refractivity contribution in [2.45, 2.75) is 50.6 Å². The van der Waals surface area contributed by atoms with Gasteiger partial charge in [0.05, 0.1) is 16.9 Å². The number of aromatic nitrogens is 2. The van der Waals surface area contributed by atoms with Crippen LogP contribution in [0.4, 0.5) is 0 Å². The van der Waals surface area contributed by atoms with Gasteiger partial charge in [-0.05, 0) is 38.5 Å². The number of aryl methyl sites for hydroxylation is 2. The van der Waals surface area contributed by atoms with Crippen LogP contribution in [0.2, 0.25) is 0 Å². The lowest BCUT2D eigenvalue weighted by molar-refractivity contribution is 0.584. The molecule has 0 radical (unpaired) electrons. The molecule has 1 saturated carbocycles. The van der Waals surface area contributed by atoms with E-state index in [9.17, 15) is 0 Å². The lowest BCUT2D eigenvalue weighted by Crippen LogP contribution is -2.24. The molecule has 1 fully saturated rings. The summed E-state index contributed by atoms with van der Waals surface area (Å²) in [6.07, 6.45) is 7.61. The van der Waals surface area contributed by atoms with E-state index in [0.29, 0.717) is 6.04 Å². The van der Waals surface area contributed by atoms with Gasteiger partial charge in [0.2, 0.25) is 0 Å². The van der Waals surface area contributed by atoms with Crippen molar-refractivity contribution in [3.05, 3.63) is 32.2 Å².